The minimum atomic E-state index is 0.432. The number of nitrogens with one attached hydrogen (secondary N) is 2. The fourth-order valence-electron chi connectivity index (χ4n) is 3.92. The first kappa shape index (κ1) is 19.4. The number of aromatic amines is 1. The number of aromatic nitrogens is 6. The van der Waals surface area contributed by atoms with Crippen LogP contribution in [0.25, 0.3) is 34.0 Å². The maximum atomic E-state index is 5.67. The van der Waals surface area contributed by atoms with Gasteiger partial charge in [0.2, 0.25) is 5.82 Å². The first-order valence-electron chi connectivity index (χ1n) is 10.9. The van der Waals surface area contributed by atoms with E-state index >= 15 is 0 Å². The van der Waals surface area contributed by atoms with E-state index in [0.29, 0.717) is 23.1 Å². The van der Waals surface area contributed by atoms with Crippen molar-refractivity contribution in [2.24, 2.45) is 0 Å². The number of tetrazole rings is 1. The topological polar surface area (TPSA) is 105 Å². The highest BCUT2D eigenvalue weighted by molar-refractivity contribution is 5.79. The molecule has 3 heterocycles. The molecule has 8 nitrogen and oxygen atoms in total. The molecule has 0 radical (unpaired) electrons. The lowest BCUT2D eigenvalue weighted by molar-refractivity contribution is 0.427. The second-order valence-corrected chi connectivity index (χ2v) is 8.21. The molecule has 0 bridgehead atoms. The third-order valence-electron chi connectivity index (χ3n) is 5.88. The van der Waals surface area contributed by atoms with Crippen LogP contribution in [0.4, 0.5) is 11.5 Å². The molecule has 0 aliphatic heterocycles. The lowest BCUT2D eigenvalue weighted by Crippen LogP contribution is -1.97. The van der Waals surface area contributed by atoms with Crippen LogP contribution in [0.15, 0.2) is 71.3 Å². The summed E-state index contributed by atoms with van der Waals surface area (Å²) in [4.78, 5) is 4.58. The maximum absolute atomic E-state index is 5.67. The lowest BCUT2D eigenvalue weighted by Gasteiger charge is -2.08. The van der Waals surface area contributed by atoms with E-state index in [1.54, 1.807) is 0 Å². The minimum absolute atomic E-state index is 0.432. The average Bonchev–Trinajstić information content (AvgIpc) is 3.44. The molecule has 0 spiro atoms. The van der Waals surface area contributed by atoms with Crippen molar-refractivity contribution in [3.8, 4) is 34.0 Å². The zero-order valence-corrected chi connectivity index (χ0v) is 18.0. The standard InChI is InChI=1S/C25H21N7O/c1-15-23(27-22-4-2-3-21(26-22)25-28-31-32-29-25)24(33-30-15)20-13-11-19(12-14-20)18-9-7-17(8-10-18)16-5-6-16/h2-4,7-14,16H,5-6H2,1H3,(H,26,27)(H,28,29,31,32). The molecule has 6 rings (SSSR count). The van der Waals surface area contributed by atoms with Gasteiger partial charge < -0.3 is 9.84 Å². The number of pyridine rings is 1. The van der Waals surface area contributed by atoms with Crippen LogP contribution in [0, 0.1) is 6.92 Å². The molecule has 8 heteroatoms. The van der Waals surface area contributed by atoms with Crippen molar-refractivity contribution in [3.63, 3.8) is 0 Å². The van der Waals surface area contributed by atoms with Gasteiger partial charge in [-0.1, -0.05) is 59.8 Å². The van der Waals surface area contributed by atoms with Crippen LogP contribution in [0.2, 0.25) is 0 Å². The van der Waals surface area contributed by atoms with E-state index in [9.17, 15) is 0 Å². The van der Waals surface area contributed by atoms with Gasteiger partial charge in [-0.05, 0) is 59.7 Å². The fraction of sp³-hybridized carbons (Fsp3) is 0.160. The summed E-state index contributed by atoms with van der Waals surface area (Å²) in [7, 11) is 0. The summed E-state index contributed by atoms with van der Waals surface area (Å²) in [5.74, 6) is 2.50. The summed E-state index contributed by atoms with van der Waals surface area (Å²) in [6.45, 7) is 1.90. The third-order valence-corrected chi connectivity index (χ3v) is 5.88. The molecule has 5 aromatic rings. The van der Waals surface area contributed by atoms with E-state index in [1.807, 2.05) is 25.1 Å². The Morgan fingerprint density at radius 1 is 0.909 bits per heavy atom. The average molecular weight is 435 g/mol. The Bertz CT molecular complexity index is 1390. The smallest absolute Gasteiger partial charge is 0.223 e. The molecule has 2 N–H and O–H groups in total. The van der Waals surface area contributed by atoms with Crippen molar-refractivity contribution < 1.29 is 4.52 Å². The van der Waals surface area contributed by atoms with Crippen LogP contribution in [-0.2, 0) is 0 Å². The summed E-state index contributed by atoms with van der Waals surface area (Å²) in [6.07, 6.45) is 2.63. The largest absolute Gasteiger partial charge is 0.354 e. The van der Waals surface area contributed by atoms with Crippen molar-refractivity contribution in [1.82, 2.24) is 30.8 Å². The van der Waals surface area contributed by atoms with Gasteiger partial charge in [-0.2, -0.15) is 5.21 Å². The van der Waals surface area contributed by atoms with Crippen LogP contribution in [0.3, 0.4) is 0 Å². The summed E-state index contributed by atoms with van der Waals surface area (Å²) < 4.78 is 5.67. The van der Waals surface area contributed by atoms with Crippen LogP contribution in [0.5, 0.6) is 0 Å². The van der Waals surface area contributed by atoms with Gasteiger partial charge in [0.05, 0.1) is 0 Å². The van der Waals surface area contributed by atoms with Gasteiger partial charge in [-0.15, -0.1) is 10.2 Å². The Morgan fingerprint density at radius 2 is 1.64 bits per heavy atom. The highest BCUT2D eigenvalue weighted by Crippen LogP contribution is 2.40. The van der Waals surface area contributed by atoms with E-state index in [-0.39, 0.29) is 0 Å². The van der Waals surface area contributed by atoms with Crippen molar-refractivity contribution in [2.45, 2.75) is 25.7 Å². The number of anilines is 2. The van der Waals surface area contributed by atoms with Crippen molar-refractivity contribution in [1.29, 1.82) is 0 Å². The van der Waals surface area contributed by atoms with Crippen molar-refractivity contribution >= 4 is 11.5 Å². The quantitative estimate of drug-likeness (QED) is 0.362. The SMILES string of the molecule is Cc1noc(-c2ccc(-c3ccc(C4CC4)cc3)cc2)c1Nc1cccc(-c2nn[nH]n2)n1. The Labute approximate surface area is 190 Å². The van der Waals surface area contributed by atoms with E-state index in [0.717, 1.165) is 22.9 Å². The number of hydrogen-bond donors (Lipinski definition) is 2. The maximum Gasteiger partial charge on any atom is 0.223 e. The Hall–Kier alpha value is -4.33. The monoisotopic (exact) mass is 435 g/mol. The summed E-state index contributed by atoms with van der Waals surface area (Å²) in [5, 5.41) is 21.5. The van der Waals surface area contributed by atoms with Gasteiger partial charge in [0, 0.05) is 5.56 Å². The molecule has 0 unspecified atom stereocenters. The van der Waals surface area contributed by atoms with E-state index in [1.165, 1.54) is 29.5 Å². The van der Waals surface area contributed by atoms with Crippen molar-refractivity contribution in [3.05, 3.63) is 78.0 Å². The Morgan fingerprint density at radius 3 is 2.33 bits per heavy atom. The second kappa shape index (κ2) is 7.98. The zero-order chi connectivity index (χ0) is 22.2. The van der Waals surface area contributed by atoms with Crippen LogP contribution >= 0.6 is 0 Å². The van der Waals surface area contributed by atoms with Gasteiger partial charge in [0.1, 0.15) is 22.9 Å². The molecule has 1 aliphatic rings. The Balaban J connectivity index is 1.26. The number of rotatable bonds is 6. The molecule has 0 atom stereocenters. The number of H-pyrrole nitrogens is 1. The minimum Gasteiger partial charge on any atom is -0.354 e. The number of benzene rings is 2. The molecule has 1 aliphatic carbocycles. The highest BCUT2D eigenvalue weighted by atomic mass is 16.5. The van der Waals surface area contributed by atoms with E-state index < -0.39 is 0 Å². The molecular weight excluding hydrogens is 414 g/mol. The normalized spacial score (nSPS) is 13.2. The molecule has 33 heavy (non-hydrogen) atoms. The van der Waals surface area contributed by atoms with Gasteiger partial charge >= 0.3 is 0 Å². The third kappa shape index (κ3) is 3.87. The predicted molar refractivity (Wildman–Crippen MR) is 125 cm³/mol. The zero-order valence-electron chi connectivity index (χ0n) is 18.0. The summed E-state index contributed by atoms with van der Waals surface area (Å²) in [6, 6.07) is 22.8. The number of hydrogen-bond acceptors (Lipinski definition) is 7. The van der Waals surface area contributed by atoms with Crippen molar-refractivity contribution in [2.75, 3.05) is 5.32 Å². The molecule has 1 saturated carbocycles. The molecule has 2 aromatic carbocycles. The molecule has 162 valence electrons. The molecular formula is C25H21N7O. The molecule has 3 aromatic heterocycles. The number of aryl methyl sites for hydroxylation is 1. The summed E-state index contributed by atoms with van der Waals surface area (Å²) >= 11 is 0. The molecule has 1 fully saturated rings. The fourth-order valence-corrected chi connectivity index (χ4v) is 3.92. The predicted octanol–water partition coefficient (Wildman–Crippen LogP) is 5.51. The Kier molecular flexibility index (Phi) is 4.68. The highest BCUT2D eigenvalue weighted by Gasteiger charge is 2.23. The van der Waals surface area contributed by atoms with Crippen LogP contribution in [-0.4, -0.2) is 30.8 Å². The van der Waals surface area contributed by atoms with Gasteiger partial charge in [0.15, 0.2) is 5.76 Å². The van der Waals surface area contributed by atoms with E-state index in [2.05, 4.69) is 84.6 Å². The van der Waals surface area contributed by atoms with E-state index in [4.69, 9.17) is 4.52 Å². The molecule has 0 amide bonds. The second-order valence-electron chi connectivity index (χ2n) is 8.21. The van der Waals surface area contributed by atoms with Gasteiger partial charge in [-0.25, -0.2) is 4.98 Å². The summed E-state index contributed by atoms with van der Waals surface area (Å²) in [5.41, 5.74) is 6.89. The van der Waals surface area contributed by atoms with Crippen LogP contribution < -0.4 is 5.32 Å². The first-order valence-corrected chi connectivity index (χ1v) is 10.9. The number of nitrogens with zero attached hydrogens (tertiary/aromatic N) is 5. The molecule has 0 saturated heterocycles. The van der Waals surface area contributed by atoms with Gasteiger partial charge in [0.25, 0.3) is 0 Å². The lowest BCUT2D eigenvalue weighted by atomic mass is 10.0. The first-order chi connectivity index (χ1) is 16.2. The van der Waals surface area contributed by atoms with Gasteiger partial charge in [-0.3, -0.25) is 0 Å². The van der Waals surface area contributed by atoms with Crippen LogP contribution in [0.1, 0.15) is 30.0 Å².